The molecule has 7 heteroatoms. The maximum absolute atomic E-state index is 13.2. The molecule has 0 saturated heterocycles. The van der Waals surface area contributed by atoms with Gasteiger partial charge in [0.1, 0.15) is 23.5 Å². The average Bonchev–Trinajstić information content (AvgIpc) is 2.50. The van der Waals surface area contributed by atoms with Crippen molar-refractivity contribution in [2.75, 3.05) is 7.11 Å². The molecule has 1 aromatic rings. The number of halogens is 2. The molecule has 0 aliphatic heterocycles. The first-order valence-electron chi connectivity index (χ1n) is 7.27. The zero-order chi connectivity index (χ0) is 17.0. The van der Waals surface area contributed by atoms with Crippen LogP contribution < -0.4 is 5.32 Å². The zero-order valence-corrected chi connectivity index (χ0v) is 12.6. The number of esters is 1. The van der Waals surface area contributed by atoms with Crippen molar-refractivity contribution in [3.05, 3.63) is 35.4 Å². The molecule has 1 N–H and O–H groups in total. The van der Waals surface area contributed by atoms with Crippen LogP contribution in [0.25, 0.3) is 0 Å². The molecule has 1 saturated carbocycles. The van der Waals surface area contributed by atoms with E-state index in [9.17, 15) is 23.2 Å². The first-order chi connectivity index (χ1) is 10.9. The highest BCUT2D eigenvalue weighted by molar-refractivity contribution is 5.97. The van der Waals surface area contributed by atoms with Crippen molar-refractivity contribution < 1.29 is 27.9 Å². The Hall–Kier alpha value is -2.31. The first-order valence-corrected chi connectivity index (χ1v) is 7.27. The number of hydrogen-bond acceptors (Lipinski definition) is 4. The van der Waals surface area contributed by atoms with Crippen molar-refractivity contribution in [2.24, 2.45) is 5.92 Å². The second-order valence-corrected chi connectivity index (χ2v) is 5.53. The molecule has 0 unspecified atom stereocenters. The largest absolute Gasteiger partial charge is 0.467 e. The molecule has 0 radical (unpaired) electrons. The molecule has 2 atom stereocenters. The number of ether oxygens (including phenoxy) is 1. The molecule has 0 bridgehead atoms. The smallest absolute Gasteiger partial charge is 0.328 e. The third-order valence-electron chi connectivity index (χ3n) is 3.86. The van der Waals surface area contributed by atoms with Gasteiger partial charge in [0.15, 0.2) is 0 Å². The van der Waals surface area contributed by atoms with Crippen molar-refractivity contribution in [1.82, 2.24) is 5.32 Å². The average molecular weight is 325 g/mol. The third kappa shape index (κ3) is 4.34. The molecule has 1 fully saturated rings. The standard InChI is InChI=1S/C16H17F2NO4/c1-23-16(22)14(9-3-2-4-13(20)7-9)19-15(21)10-5-11(17)8-12(18)6-10/h5-6,8-9,14H,2-4,7H2,1H3,(H,19,21)/t9-,14+/m0/s1. The summed E-state index contributed by atoms with van der Waals surface area (Å²) in [5.74, 6) is -3.63. The van der Waals surface area contributed by atoms with E-state index in [4.69, 9.17) is 0 Å². The fourth-order valence-corrected chi connectivity index (χ4v) is 2.75. The fraction of sp³-hybridized carbons (Fsp3) is 0.438. The molecule has 1 amide bonds. The Kier molecular flexibility index (Phi) is 5.41. The summed E-state index contributed by atoms with van der Waals surface area (Å²) in [6.45, 7) is 0. The highest BCUT2D eigenvalue weighted by atomic mass is 19.1. The van der Waals surface area contributed by atoms with Crippen molar-refractivity contribution in [2.45, 2.75) is 31.7 Å². The van der Waals surface area contributed by atoms with Crippen LogP contribution in [0.5, 0.6) is 0 Å². The number of Topliss-reactive ketones (excluding diaryl/α,β-unsaturated/α-hetero) is 1. The van der Waals surface area contributed by atoms with Gasteiger partial charge in [0.25, 0.3) is 5.91 Å². The van der Waals surface area contributed by atoms with E-state index in [2.05, 4.69) is 10.1 Å². The number of ketones is 1. The van der Waals surface area contributed by atoms with Crippen LogP contribution in [0.1, 0.15) is 36.0 Å². The monoisotopic (exact) mass is 325 g/mol. The number of benzene rings is 1. The van der Waals surface area contributed by atoms with Crippen LogP contribution in [0.2, 0.25) is 0 Å². The molecule has 23 heavy (non-hydrogen) atoms. The fourth-order valence-electron chi connectivity index (χ4n) is 2.75. The summed E-state index contributed by atoms with van der Waals surface area (Å²) in [7, 11) is 1.17. The maximum atomic E-state index is 13.2. The van der Waals surface area contributed by atoms with Gasteiger partial charge in [0.2, 0.25) is 0 Å². The molecule has 1 aliphatic rings. The Bertz CT molecular complexity index is 612. The van der Waals surface area contributed by atoms with Crippen molar-refractivity contribution >= 4 is 17.7 Å². The van der Waals surface area contributed by atoms with Gasteiger partial charge in [0.05, 0.1) is 7.11 Å². The van der Waals surface area contributed by atoms with Gasteiger partial charge in [-0.05, 0) is 30.9 Å². The minimum atomic E-state index is -1.02. The number of hydrogen-bond donors (Lipinski definition) is 1. The number of nitrogens with one attached hydrogen (secondary N) is 1. The quantitative estimate of drug-likeness (QED) is 0.860. The molecule has 124 valence electrons. The second-order valence-electron chi connectivity index (χ2n) is 5.53. The minimum Gasteiger partial charge on any atom is -0.467 e. The van der Waals surface area contributed by atoms with E-state index in [1.807, 2.05) is 0 Å². The lowest BCUT2D eigenvalue weighted by molar-refractivity contribution is -0.145. The van der Waals surface area contributed by atoms with Gasteiger partial charge < -0.3 is 10.1 Å². The Balaban J connectivity index is 2.18. The predicted molar refractivity (Wildman–Crippen MR) is 76.6 cm³/mol. The Labute approximate surface area is 132 Å². The van der Waals surface area contributed by atoms with Crippen LogP contribution in [0.4, 0.5) is 8.78 Å². The molecular weight excluding hydrogens is 308 g/mol. The maximum Gasteiger partial charge on any atom is 0.328 e. The number of carbonyl (C=O) groups excluding carboxylic acids is 3. The van der Waals surface area contributed by atoms with Crippen LogP contribution in [0.3, 0.4) is 0 Å². The van der Waals surface area contributed by atoms with E-state index in [1.165, 1.54) is 7.11 Å². The van der Waals surface area contributed by atoms with Gasteiger partial charge in [-0.25, -0.2) is 13.6 Å². The van der Waals surface area contributed by atoms with Gasteiger partial charge in [-0.2, -0.15) is 0 Å². The van der Waals surface area contributed by atoms with Crippen LogP contribution in [0.15, 0.2) is 18.2 Å². The molecule has 1 aromatic carbocycles. The van der Waals surface area contributed by atoms with Gasteiger partial charge in [-0.15, -0.1) is 0 Å². The van der Waals surface area contributed by atoms with E-state index in [1.54, 1.807) is 0 Å². The summed E-state index contributed by atoms with van der Waals surface area (Å²) in [5.41, 5.74) is -0.237. The summed E-state index contributed by atoms with van der Waals surface area (Å²) in [6.07, 6.45) is 1.83. The van der Waals surface area contributed by atoms with E-state index < -0.39 is 29.6 Å². The van der Waals surface area contributed by atoms with Crippen LogP contribution in [-0.4, -0.2) is 30.8 Å². The van der Waals surface area contributed by atoms with Crippen molar-refractivity contribution in [3.63, 3.8) is 0 Å². The number of amides is 1. The minimum absolute atomic E-state index is 0.0150. The SMILES string of the molecule is COC(=O)[C@H](NC(=O)c1cc(F)cc(F)c1)[C@H]1CCCC(=O)C1. The lowest BCUT2D eigenvalue weighted by atomic mass is 9.83. The van der Waals surface area contributed by atoms with Crippen LogP contribution >= 0.6 is 0 Å². The predicted octanol–water partition coefficient (Wildman–Crippen LogP) is 2.00. The van der Waals surface area contributed by atoms with Crippen LogP contribution in [-0.2, 0) is 14.3 Å². The Morgan fingerprint density at radius 2 is 1.91 bits per heavy atom. The molecule has 0 heterocycles. The van der Waals surface area contributed by atoms with E-state index in [0.717, 1.165) is 12.1 Å². The van der Waals surface area contributed by atoms with Crippen molar-refractivity contribution in [3.8, 4) is 0 Å². The highest BCUT2D eigenvalue weighted by Crippen LogP contribution is 2.25. The lowest BCUT2D eigenvalue weighted by Gasteiger charge is -2.28. The number of carbonyl (C=O) groups is 3. The topological polar surface area (TPSA) is 72.5 Å². The summed E-state index contributed by atoms with van der Waals surface area (Å²) in [6, 6.07) is 1.37. The number of rotatable bonds is 4. The summed E-state index contributed by atoms with van der Waals surface area (Å²) < 4.78 is 31.1. The molecular formula is C16H17F2NO4. The Morgan fingerprint density at radius 1 is 1.26 bits per heavy atom. The Morgan fingerprint density at radius 3 is 2.48 bits per heavy atom. The van der Waals surface area contributed by atoms with Gasteiger partial charge in [-0.3, -0.25) is 9.59 Å². The summed E-state index contributed by atoms with van der Waals surface area (Å²) >= 11 is 0. The third-order valence-corrected chi connectivity index (χ3v) is 3.86. The molecule has 1 aliphatic carbocycles. The zero-order valence-electron chi connectivity index (χ0n) is 12.6. The molecule has 2 rings (SSSR count). The summed E-state index contributed by atoms with van der Waals surface area (Å²) in [5, 5.41) is 2.43. The molecule has 0 spiro atoms. The normalized spacial score (nSPS) is 19.1. The van der Waals surface area contributed by atoms with E-state index >= 15 is 0 Å². The molecule has 0 aromatic heterocycles. The van der Waals surface area contributed by atoms with Crippen molar-refractivity contribution in [1.29, 1.82) is 0 Å². The van der Waals surface area contributed by atoms with Gasteiger partial charge >= 0.3 is 5.97 Å². The first kappa shape index (κ1) is 17.1. The lowest BCUT2D eigenvalue weighted by Crippen LogP contribution is -2.48. The highest BCUT2D eigenvalue weighted by Gasteiger charge is 2.34. The summed E-state index contributed by atoms with van der Waals surface area (Å²) in [4.78, 5) is 35.7. The second kappa shape index (κ2) is 7.30. The molecule has 5 nitrogen and oxygen atoms in total. The van der Waals surface area contributed by atoms with E-state index in [0.29, 0.717) is 25.3 Å². The van der Waals surface area contributed by atoms with E-state index in [-0.39, 0.29) is 23.7 Å². The van der Waals surface area contributed by atoms with Gasteiger partial charge in [0, 0.05) is 24.5 Å². The van der Waals surface area contributed by atoms with Crippen LogP contribution in [0, 0.1) is 17.6 Å². The van der Waals surface area contributed by atoms with Gasteiger partial charge in [-0.1, -0.05) is 0 Å². The number of methoxy groups -OCH3 is 1.